The number of benzene rings is 2. The number of carbonyl (C=O) groups excluding carboxylic acids is 1. The van der Waals surface area contributed by atoms with Crippen LogP contribution >= 0.6 is 0 Å². The van der Waals surface area contributed by atoms with Crippen molar-refractivity contribution in [2.75, 3.05) is 6.54 Å². The lowest BCUT2D eigenvalue weighted by atomic mass is 10.0. The Kier molecular flexibility index (Phi) is 4.41. The molecule has 1 aliphatic rings. The van der Waals surface area contributed by atoms with Gasteiger partial charge < -0.3 is 10.8 Å². The van der Waals surface area contributed by atoms with Gasteiger partial charge in [0, 0.05) is 24.7 Å². The van der Waals surface area contributed by atoms with Crippen LogP contribution in [0.4, 0.5) is 4.39 Å². The normalized spacial score (nSPS) is 21.5. The van der Waals surface area contributed by atoms with Gasteiger partial charge in [0.25, 0.3) is 0 Å². The largest absolute Gasteiger partial charge is 0.392 e. The zero-order chi connectivity index (χ0) is 16.4. The minimum Gasteiger partial charge on any atom is -0.392 e. The van der Waals surface area contributed by atoms with Gasteiger partial charge >= 0.3 is 0 Å². The van der Waals surface area contributed by atoms with Gasteiger partial charge in [-0.3, -0.25) is 9.69 Å². The number of amides is 1. The Balaban J connectivity index is 1.78. The van der Waals surface area contributed by atoms with Gasteiger partial charge in [0.15, 0.2) is 0 Å². The number of hydrogen-bond acceptors (Lipinski definition) is 3. The van der Waals surface area contributed by atoms with Crippen LogP contribution in [0.1, 0.15) is 33.9 Å². The number of β-amino-alcohol motifs (C(OH)–C–C–N with tert-alkyl or cyclic N) is 1. The minimum atomic E-state index is -0.453. The predicted molar refractivity (Wildman–Crippen MR) is 85.1 cm³/mol. The van der Waals surface area contributed by atoms with Gasteiger partial charge in [-0.25, -0.2) is 4.39 Å². The summed E-state index contributed by atoms with van der Waals surface area (Å²) in [6, 6.07) is 13.6. The molecule has 5 heteroatoms. The van der Waals surface area contributed by atoms with Gasteiger partial charge in [-0.05, 0) is 41.8 Å². The Morgan fingerprint density at radius 2 is 2.00 bits per heavy atom. The van der Waals surface area contributed by atoms with E-state index in [4.69, 9.17) is 5.73 Å². The molecule has 2 aromatic rings. The monoisotopic (exact) mass is 314 g/mol. The lowest BCUT2D eigenvalue weighted by Crippen LogP contribution is -2.24. The highest BCUT2D eigenvalue weighted by Gasteiger charge is 2.32. The Labute approximate surface area is 134 Å². The molecular weight excluding hydrogens is 295 g/mol. The smallest absolute Gasteiger partial charge is 0.248 e. The highest BCUT2D eigenvalue weighted by atomic mass is 19.1. The van der Waals surface area contributed by atoms with Crippen molar-refractivity contribution in [3.63, 3.8) is 0 Å². The lowest BCUT2D eigenvalue weighted by molar-refractivity contribution is 0.1000. The first-order valence-electron chi connectivity index (χ1n) is 7.59. The average Bonchev–Trinajstić information content (AvgIpc) is 2.88. The lowest BCUT2D eigenvalue weighted by Gasteiger charge is -2.24. The first kappa shape index (κ1) is 15.6. The minimum absolute atomic E-state index is 0.0171. The number of halogens is 1. The van der Waals surface area contributed by atoms with Crippen molar-refractivity contribution >= 4 is 5.91 Å². The molecule has 1 saturated heterocycles. The molecule has 0 radical (unpaired) electrons. The first-order chi connectivity index (χ1) is 11.0. The van der Waals surface area contributed by atoms with E-state index in [0.29, 0.717) is 25.1 Å². The fraction of sp³-hybridized carbons (Fsp3) is 0.278. The van der Waals surface area contributed by atoms with Crippen molar-refractivity contribution in [2.24, 2.45) is 5.73 Å². The summed E-state index contributed by atoms with van der Waals surface area (Å²) in [5.41, 5.74) is 7.60. The van der Waals surface area contributed by atoms with E-state index < -0.39 is 12.0 Å². The first-order valence-corrected chi connectivity index (χ1v) is 7.59. The van der Waals surface area contributed by atoms with Gasteiger partial charge in [0.1, 0.15) is 5.82 Å². The zero-order valence-electron chi connectivity index (χ0n) is 12.7. The van der Waals surface area contributed by atoms with Crippen LogP contribution in [-0.2, 0) is 6.54 Å². The summed E-state index contributed by atoms with van der Waals surface area (Å²) < 4.78 is 13.5. The number of aliphatic hydroxyl groups is 1. The van der Waals surface area contributed by atoms with Crippen LogP contribution in [0.25, 0.3) is 0 Å². The average molecular weight is 314 g/mol. The van der Waals surface area contributed by atoms with Crippen molar-refractivity contribution in [1.82, 2.24) is 4.90 Å². The Morgan fingerprint density at radius 1 is 1.26 bits per heavy atom. The number of likely N-dealkylation sites (tertiary alicyclic amines) is 1. The third-order valence-electron chi connectivity index (χ3n) is 4.24. The molecule has 0 unspecified atom stereocenters. The predicted octanol–water partition coefficient (Wildman–Crippen LogP) is 2.23. The molecule has 0 aliphatic carbocycles. The van der Waals surface area contributed by atoms with E-state index in [2.05, 4.69) is 4.90 Å². The molecule has 120 valence electrons. The van der Waals surface area contributed by atoms with Gasteiger partial charge in [0.2, 0.25) is 5.91 Å². The summed E-state index contributed by atoms with van der Waals surface area (Å²) in [4.78, 5) is 13.2. The third-order valence-corrected chi connectivity index (χ3v) is 4.24. The van der Waals surface area contributed by atoms with E-state index in [0.717, 1.165) is 11.1 Å². The molecular formula is C18H19FN2O2. The SMILES string of the molecule is NC(=O)c1ccc(CN2C[C@H](O)C[C@@H]2c2cccc(F)c2)cc1. The van der Waals surface area contributed by atoms with Crippen molar-refractivity contribution in [3.05, 3.63) is 71.0 Å². The van der Waals surface area contributed by atoms with Gasteiger partial charge in [-0.15, -0.1) is 0 Å². The van der Waals surface area contributed by atoms with E-state index in [1.54, 1.807) is 18.2 Å². The molecule has 0 bridgehead atoms. The highest BCUT2D eigenvalue weighted by molar-refractivity contribution is 5.92. The molecule has 23 heavy (non-hydrogen) atoms. The Hall–Kier alpha value is -2.24. The van der Waals surface area contributed by atoms with E-state index in [-0.39, 0.29) is 11.9 Å². The highest BCUT2D eigenvalue weighted by Crippen LogP contribution is 2.33. The molecule has 0 aromatic heterocycles. The van der Waals surface area contributed by atoms with Crippen molar-refractivity contribution in [3.8, 4) is 0 Å². The molecule has 0 spiro atoms. The molecule has 3 rings (SSSR count). The number of rotatable bonds is 4. The maximum atomic E-state index is 13.5. The van der Waals surface area contributed by atoms with E-state index in [9.17, 15) is 14.3 Å². The molecule has 1 fully saturated rings. The molecule has 4 nitrogen and oxygen atoms in total. The second-order valence-corrected chi connectivity index (χ2v) is 5.95. The Morgan fingerprint density at radius 3 is 2.65 bits per heavy atom. The van der Waals surface area contributed by atoms with Crippen LogP contribution in [-0.4, -0.2) is 28.6 Å². The van der Waals surface area contributed by atoms with E-state index in [1.807, 2.05) is 18.2 Å². The zero-order valence-corrected chi connectivity index (χ0v) is 12.7. The summed E-state index contributed by atoms with van der Waals surface area (Å²) in [7, 11) is 0. The summed E-state index contributed by atoms with van der Waals surface area (Å²) in [5, 5.41) is 10.00. The van der Waals surface area contributed by atoms with Crippen LogP contribution in [0, 0.1) is 5.82 Å². The second kappa shape index (κ2) is 6.48. The summed E-state index contributed by atoms with van der Waals surface area (Å²) in [6.45, 7) is 1.16. The van der Waals surface area contributed by atoms with Crippen molar-refractivity contribution in [1.29, 1.82) is 0 Å². The van der Waals surface area contributed by atoms with Crippen LogP contribution in [0.3, 0.4) is 0 Å². The third kappa shape index (κ3) is 3.57. The number of carbonyl (C=O) groups is 1. The quantitative estimate of drug-likeness (QED) is 0.909. The standard InChI is InChI=1S/C18H19FN2O2/c19-15-3-1-2-14(8-15)17-9-16(22)11-21(17)10-12-4-6-13(7-5-12)18(20)23/h1-8,16-17,22H,9-11H2,(H2,20,23)/t16-,17-/m1/s1. The van der Waals surface area contributed by atoms with Gasteiger partial charge in [0.05, 0.1) is 6.10 Å². The van der Waals surface area contributed by atoms with Crippen LogP contribution in [0.5, 0.6) is 0 Å². The van der Waals surface area contributed by atoms with Gasteiger partial charge in [-0.2, -0.15) is 0 Å². The summed E-state index contributed by atoms with van der Waals surface area (Å²) >= 11 is 0. The van der Waals surface area contributed by atoms with E-state index in [1.165, 1.54) is 12.1 Å². The van der Waals surface area contributed by atoms with Gasteiger partial charge in [-0.1, -0.05) is 24.3 Å². The van der Waals surface area contributed by atoms with Crippen LogP contribution in [0.15, 0.2) is 48.5 Å². The Bertz CT molecular complexity index is 702. The molecule has 2 atom stereocenters. The molecule has 2 aromatic carbocycles. The molecule has 3 N–H and O–H groups in total. The number of nitrogens with zero attached hydrogens (tertiary/aromatic N) is 1. The number of aliphatic hydroxyl groups excluding tert-OH is 1. The van der Waals surface area contributed by atoms with E-state index >= 15 is 0 Å². The van der Waals surface area contributed by atoms with Crippen LogP contribution < -0.4 is 5.73 Å². The molecule has 0 saturated carbocycles. The fourth-order valence-corrected chi connectivity index (χ4v) is 3.12. The molecule has 1 heterocycles. The molecule has 1 amide bonds. The topological polar surface area (TPSA) is 66.6 Å². The summed E-state index contributed by atoms with van der Waals surface area (Å²) in [6.07, 6.45) is 0.163. The van der Waals surface area contributed by atoms with Crippen LogP contribution in [0.2, 0.25) is 0 Å². The number of primary amides is 1. The fourth-order valence-electron chi connectivity index (χ4n) is 3.12. The summed E-state index contributed by atoms with van der Waals surface area (Å²) in [5.74, 6) is -0.722. The number of hydrogen-bond donors (Lipinski definition) is 2. The maximum Gasteiger partial charge on any atom is 0.248 e. The maximum absolute atomic E-state index is 13.5. The van der Waals surface area contributed by atoms with Crippen molar-refractivity contribution < 1.29 is 14.3 Å². The van der Waals surface area contributed by atoms with Crippen molar-refractivity contribution in [2.45, 2.75) is 25.1 Å². The number of nitrogens with two attached hydrogens (primary N) is 1. The molecule has 1 aliphatic heterocycles. The second-order valence-electron chi connectivity index (χ2n) is 5.95.